The number of hydrogen-bond acceptors (Lipinski definition) is 2. The first-order valence-electron chi connectivity index (χ1n) is 5.82. The van der Waals surface area contributed by atoms with Crippen LogP contribution >= 0.6 is 15.9 Å². The number of aromatic nitrogens is 1. The highest BCUT2D eigenvalue weighted by Gasteiger charge is 2.11. The number of aryl methyl sites for hydroxylation is 1. The Hall–Kier alpha value is -1.33. The highest BCUT2D eigenvalue weighted by atomic mass is 79.9. The summed E-state index contributed by atoms with van der Waals surface area (Å²) < 4.78 is 27.5. The molecule has 2 rings (SSSR count). The summed E-state index contributed by atoms with van der Waals surface area (Å²) >= 11 is 3.05. The third-order valence-corrected chi connectivity index (χ3v) is 3.35. The second-order valence-electron chi connectivity index (χ2n) is 4.23. The van der Waals surface area contributed by atoms with Crippen molar-refractivity contribution in [1.29, 1.82) is 0 Å². The topological polar surface area (TPSA) is 24.9 Å². The molecule has 0 bridgehead atoms. The summed E-state index contributed by atoms with van der Waals surface area (Å²) in [7, 11) is 0. The molecule has 1 aromatic carbocycles. The van der Waals surface area contributed by atoms with Crippen LogP contribution in [0, 0.1) is 18.6 Å². The van der Waals surface area contributed by atoms with Crippen molar-refractivity contribution in [2.24, 2.45) is 0 Å². The van der Waals surface area contributed by atoms with E-state index in [-0.39, 0.29) is 16.6 Å². The van der Waals surface area contributed by atoms with Gasteiger partial charge in [0, 0.05) is 30.5 Å². The summed E-state index contributed by atoms with van der Waals surface area (Å²) in [6.45, 7) is 2.55. The largest absolute Gasteiger partial charge is 0.308 e. The summed E-state index contributed by atoms with van der Waals surface area (Å²) in [5.41, 5.74) is 1.95. The predicted molar refractivity (Wildman–Crippen MR) is 73.6 cm³/mol. The Morgan fingerprint density at radius 2 is 1.95 bits per heavy atom. The fraction of sp³-hybridized carbons (Fsp3) is 0.214. The zero-order chi connectivity index (χ0) is 13.8. The van der Waals surface area contributed by atoms with Gasteiger partial charge in [-0.2, -0.15) is 0 Å². The first kappa shape index (κ1) is 14.1. The van der Waals surface area contributed by atoms with Crippen LogP contribution in [0.15, 0.2) is 34.9 Å². The molecule has 0 fully saturated rings. The van der Waals surface area contributed by atoms with Crippen molar-refractivity contribution in [1.82, 2.24) is 10.3 Å². The van der Waals surface area contributed by atoms with Crippen LogP contribution < -0.4 is 5.32 Å². The Balaban J connectivity index is 2.00. The lowest BCUT2D eigenvalue weighted by atomic mass is 10.2. The van der Waals surface area contributed by atoms with Crippen molar-refractivity contribution in [2.75, 3.05) is 0 Å². The second-order valence-corrected chi connectivity index (χ2v) is 5.09. The van der Waals surface area contributed by atoms with Crippen LogP contribution in [0.2, 0.25) is 0 Å². The number of rotatable bonds is 4. The van der Waals surface area contributed by atoms with Crippen LogP contribution in [-0.4, -0.2) is 4.98 Å². The fourth-order valence-electron chi connectivity index (χ4n) is 1.67. The fourth-order valence-corrected chi connectivity index (χ4v) is 2.04. The lowest BCUT2D eigenvalue weighted by molar-refractivity contribution is 0.531. The Morgan fingerprint density at radius 1 is 1.16 bits per heavy atom. The van der Waals surface area contributed by atoms with Crippen molar-refractivity contribution in [3.63, 3.8) is 0 Å². The van der Waals surface area contributed by atoms with Gasteiger partial charge in [-0.1, -0.05) is 6.07 Å². The minimum Gasteiger partial charge on any atom is -0.308 e. The number of nitrogens with one attached hydrogen (secondary N) is 1. The highest BCUT2D eigenvalue weighted by molar-refractivity contribution is 9.10. The molecule has 0 unspecified atom stereocenters. The predicted octanol–water partition coefficient (Wildman–Crippen LogP) is 3.72. The third-order valence-electron chi connectivity index (χ3n) is 2.74. The number of pyridine rings is 1. The Bertz CT molecular complexity index is 570. The smallest absolute Gasteiger partial charge is 0.144 e. The van der Waals surface area contributed by atoms with E-state index in [1.165, 1.54) is 12.1 Å². The van der Waals surface area contributed by atoms with Gasteiger partial charge in [-0.05, 0) is 46.6 Å². The van der Waals surface area contributed by atoms with Gasteiger partial charge in [-0.15, -0.1) is 0 Å². The van der Waals surface area contributed by atoms with Crippen molar-refractivity contribution >= 4 is 15.9 Å². The first-order valence-corrected chi connectivity index (χ1v) is 6.62. The molecule has 0 spiro atoms. The van der Waals surface area contributed by atoms with Crippen LogP contribution in [0.4, 0.5) is 8.78 Å². The van der Waals surface area contributed by atoms with E-state index in [0.29, 0.717) is 6.54 Å². The lowest BCUT2D eigenvalue weighted by Crippen LogP contribution is -2.15. The molecule has 0 aliphatic carbocycles. The van der Waals surface area contributed by atoms with Crippen molar-refractivity contribution in [3.8, 4) is 0 Å². The van der Waals surface area contributed by atoms with Gasteiger partial charge >= 0.3 is 0 Å². The molecule has 1 heterocycles. The van der Waals surface area contributed by atoms with Gasteiger partial charge in [0.2, 0.25) is 0 Å². The maximum atomic E-state index is 13.7. The van der Waals surface area contributed by atoms with Gasteiger partial charge < -0.3 is 5.32 Å². The van der Waals surface area contributed by atoms with Gasteiger partial charge in [0.1, 0.15) is 11.6 Å². The van der Waals surface area contributed by atoms with E-state index in [1.807, 2.05) is 19.1 Å². The van der Waals surface area contributed by atoms with Crippen LogP contribution in [0.5, 0.6) is 0 Å². The molecule has 2 aromatic rings. The van der Waals surface area contributed by atoms with E-state index in [2.05, 4.69) is 26.2 Å². The lowest BCUT2D eigenvalue weighted by Gasteiger charge is -2.08. The Morgan fingerprint density at radius 3 is 2.63 bits per heavy atom. The van der Waals surface area contributed by atoms with Crippen molar-refractivity contribution in [2.45, 2.75) is 20.0 Å². The molecule has 0 saturated carbocycles. The van der Waals surface area contributed by atoms with Crippen LogP contribution in [-0.2, 0) is 13.1 Å². The van der Waals surface area contributed by atoms with E-state index in [1.54, 1.807) is 6.20 Å². The van der Waals surface area contributed by atoms with E-state index in [0.717, 1.165) is 11.3 Å². The van der Waals surface area contributed by atoms with E-state index in [9.17, 15) is 8.78 Å². The maximum Gasteiger partial charge on any atom is 0.144 e. The number of nitrogens with zero attached hydrogens (tertiary/aromatic N) is 1. The summed E-state index contributed by atoms with van der Waals surface area (Å²) in [5, 5.41) is 3.01. The molecule has 1 N–H and O–H groups in total. The number of hydrogen-bond donors (Lipinski definition) is 1. The SMILES string of the molecule is Cc1ccc(CNCc2c(F)ccc(Br)c2F)cn1. The summed E-state index contributed by atoms with van der Waals surface area (Å²) in [6, 6.07) is 6.44. The van der Waals surface area contributed by atoms with Crippen LogP contribution in [0.1, 0.15) is 16.8 Å². The average Bonchev–Trinajstić information content (AvgIpc) is 2.40. The second kappa shape index (κ2) is 6.21. The summed E-state index contributed by atoms with van der Waals surface area (Å²) in [5.74, 6) is -1.11. The minimum absolute atomic E-state index is 0.0365. The van der Waals surface area contributed by atoms with Crippen LogP contribution in [0.3, 0.4) is 0 Å². The zero-order valence-corrected chi connectivity index (χ0v) is 12.0. The molecule has 0 saturated heterocycles. The number of halogens is 3. The number of benzene rings is 1. The standard InChI is InChI=1S/C14H13BrF2N2/c1-9-2-3-10(7-19-9)6-18-8-11-13(16)5-4-12(15)14(11)17/h2-5,7,18H,6,8H2,1H3. The average molecular weight is 327 g/mol. The first-order chi connectivity index (χ1) is 9.08. The Labute approximate surface area is 119 Å². The van der Waals surface area contributed by atoms with Gasteiger partial charge in [0.15, 0.2) is 0 Å². The molecular formula is C14H13BrF2N2. The maximum absolute atomic E-state index is 13.7. The van der Waals surface area contributed by atoms with E-state index < -0.39 is 11.6 Å². The third kappa shape index (κ3) is 3.58. The zero-order valence-electron chi connectivity index (χ0n) is 10.4. The van der Waals surface area contributed by atoms with Gasteiger partial charge in [-0.25, -0.2) is 8.78 Å². The molecule has 0 aliphatic heterocycles. The molecule has 0 radical (unpaired) electrons. The highest BCUT2D eigenvalue weighted by Crippen LogP contribution is 2.21. The van der Waals surface area contributed by atoms with Gasteiger partial charge in [-0.3, -0.25) is 4.98 Å². The molecule has 100 valence electrons. The van der Waals surface area contributed by atoms with E-state index >= 15 is 0 Å². The van der Waals surface area contributed by atoms with Crippen molar-refractivity contribution in [3.05, 3.63) is 63.4 Å². The quantitative estimate of drug-likeness (QED) is 0.866. The molecule has 1 aromatic heterocycles. The van der Waals surface area contributed by atoms with E-state index in [4.69, 9.17) is 0 Å². The molecule has 0 amide bonds. The van der Waals surface area contributed by atoms with Gasteiger partial charge in [0.05, 0.1) is 4.47 Å². The molecule has 5 heteroatoms. The Kier molecular flexibility index (Phi) is 4.61. The molecule has 19 heavy (non-hydrogen) atoms. The molecular weight excluding hydrogens is 314 g/mol. The minimum atomic E-state index is -0.561. The monoisotopic (exact) mass is 326 g/mol. The molecule has 0 aliphatic rings. The summed E-state index contributed by atoms with van der Waals surface area (Å²) in [4.78, 5) is 4.16. The van der Waals surface area contributed by atoms with Crippen molar-refractivity contribution < 1.29 is 8.78 Å². The summed E-state index contributed by atoms with van der Waals surface area (Å²) in [6.07, 6.45) is 1.75. The normalized spacial score (nSPS) is 10.7. The molecule has 0 atom stereocenters. The molecule has 2 nitrogen and oxygen atoms in total. The van der Waals surface area contributed by atoms with Crippen LogP contribution in [0.25, 0.3) is 0 Å². The van der Waals surface area contributed by atoms with Gasteiger partial charge in [0.25, 0.3) is 0 Å².